The summed E-state index contributed by atoms with van der Waals surface area (Å²) in [6.07, 6.45) is 1.21. The molecule has 112 valence electrons. The van der Waals surface area contributed by atoms with Gasteiger partial charge in [-0.2, -0.15) is 0 Å². The number of sulfonamides is 1. The van der Waals surface area contributed by atoms with Gasteiger partial charge in [-0.1, -0.05) is 15.9 Å². The van der Waals surface area contributed by atoms with Crippen molar-refractivity contribution in [2.24, 2.45) is 0 Å². The molecule has 3 N–H and O–H groups in total. The summed E-state index contributed by atoms with van der Waals surface area (Å²) in [7, 11) is -2.29. The molecular formula is C13H14BrN3O3S. The minimum atomic E-state index is -3.76. The zero-order valence-electron chi connectivity index (χ0n) is 11.4. The predicted molar refractivity (Wildman–Crippen MR) is 84.9 cm³/mol. The van der Waals surface area contributed by atoms with Crippen LogP contribution in [-0.4, -0.2) is 20.5 Å². The fourth-order valence-corrected chi connectivity index (χ4v) is 3.39. The van der Waals surface area contributed by atoms with Gasteiger partial charge in [-0.3, -0.25) is 4.72 Å². The summed E-state index contributed by atoms with van der Waals surface area (Å²) < 4.78 is 33.2. The van der Waals surface area contributed by atoms with Gasteiger partial charge in [0.25, 0.3) is 10.0 Å². The number of halogens is 1. The van der Waals surface area contributed by atoms with Crippen molar-refractivity contribution in [1.82, 2.24) is 4.98 Å². The second kappa shape index (κ2) is 5.90. The normalized spacial score (nSPS) is 11.2. The fraction of sp³-hybridized carbons (Fsp3) is 0.154. The van der Waals surface area contributed by atoms with Gasteiger partial charge in [-0.15, -0.1) is 0 Å². The zero-order chi connectivity index (χ0) is 15.6. The van der Waals surface area contributed by atoms with Crippen LogP contribution in [0.15, 0.2) is 39.8 Å². The Labute approximate surface area is 131 Å². The second-order valence-corrected chi connectivity index (χ2v) is 6.92. The molecule has 21 heavy (non-hydrogen) atoms. The molecule has 0 aliphatic carbocycles. The van der Waals surface area contributed by atoms with Crippen molar-refractivity contribution in [3.05, 3.63) is 40.5 Å². The molecule has 0 unspecified atom stereocenters. The molecule has 1 aromatic carbocycles. The number of pyridine rings is 1. The number of nitrogens with one attached hydrogen (secondary N) is 1. The molecular weight excluding hydrogens is 358 g/mol. The topological polar surface area (TPSA) is 94.3 Å². The highest BCUT2D eigenvalue weighted by Crippen LogP contribution is 2.33. The van der Waals surface area contributed by atoms with Crippen LogP contribution in [0.25, 0.3) is 0 Å². The number of aromatic nitrogens is 1. The van der Waals surface area contributed by atoms with Crippen molar-refractivity contribution in [1.29, 1.82) is 0 Å². The number of nitrogen functional groups attached to an aromatic ring is 1. The van der Waals surface area contributed by atoms with Crippen LogP contribution < -0.4 is 15.2 Å². The first-order valence-corrected chi connectivity index (χ1v) is 8.19. The van der Waals surface area contributed by atoms with Gasteiger partial charge in [0.05, 0.1) is 12.8 Å². The van der Waals surface area contributed by atoms with E-state index in [9.17, 15) is 8.42 Å². The summed E-state index contributed by atoms with van der Waals surface area (Å²) in [4.78, 5) is 3.81. The third-order valence-electron chi connectivity index (χ3n) is 2.79. The Morgan fingerprint density at radius 3 is 2.62 bits per heavy atom. The van der Waals surface area contributed by atoms with E-state index in [2.05, 4.69) is 25.6 Å². The van der Waals surface area contributed by atoms with Crippen LogP contribution in [0.3, 0.4) is 0 Å². The van der Waals surface area contributed by atoms with Crippen molar-refractivity contribution in [2.75, 3.05) is 17.6 Å². The van der Waals surface area contributed by atoms with Crippen LogP contribution in [0.2, 0.25) is 0 Å². The summed E-state index contributed by atoms with van der Waals surface area (Å²) in [5, 5.41) is 0. The second-order valence-electron chi connectivity index (χ2n) is 4.32. The molecule has 1 aromatic heterocycles. The monoisotopic (exact) mass is 371 g/mol. The van der Waals surface area contributed by atoms with Crippen molar-refractivity contribution in [3.63, 3.8) is 0 Å². The number of rotatable bonds is 4. The van der Waals surface area contributed by atoms with Gasteiger partial charge in [0.1, 0.15) is 16.5 Å². The van der Waals surface area contributed by atoms with E-state index in [1.165, 1.54) is 25.4 Å². The third kappa shape index (κ3) is 3.45. The van der Waals surface area contributed by atoms with Crippen LogP contribution >= 0.6 is 15.9 Å². The summed E-state index contributed by atoms with van der Waals surface area (Å²) >= 11 is 3.34. The number of nitrogens with two attached hydrogens (primary N) is 1. The average Bonchev–Trinajstić information content (AvgIpc) is 2.42. The van der Waals surface area contributed by atoms with Crippen LogP contribution in [0.4, 0.5) is 11.5 Å². The number of ether oxygens (including phenoxy) is 1. The molecule has 0 saturated carbocycles. The van der Waals surface area contributed by atoms with Crippen LogP contribution in [0.5, 0.6) is 5.75 Å². The van der Waals surface area contributed by atoms with Gasteiger partial charge in [-0.25, -0.2) is 13.4 Å². The Morgan fingerprint density at radius 2 is 2.05 bits per heavy atom. The van der Waals surface area contributed by atoms with Gasteiger partial charge < -0.3 is 10.5 Å². The van der Waals surface area contributed by atoms with Gasteiger partial charge in [0.15, 0.2) is 0 Å². The number of anilines is 2. The molecule has 0 radical (unpaired) electrons. The predicted octanol–water partition coefficient (Wildman–Crippen LogP) is 2.54. The lowest BCUT2D eigenvalue weighted by Gasteiger charge is -2.15. The molecule has 0 saturated heterocycles. The lowest BCUT2D eigenvalue weighted by Crippen LogP contribution is -2.15. The van der Waals surface area contributed by atoms with E-state index in [1.807, 2.05) is 0 Å². The Kier molecular flexibility index (Phi) is 4.38. The van der Waals surface area contributed by atoms with E-state index in [-0.39, 0.29) is 10.7 Å². The lowest BCUT2D eigenvalue weighted by molar-refractivity contribution is 0.416. The first-order chi connectivity index (χ1) is 9.83. The number of hydrogen-bond acceptors (Lipinski definition) is 5. The largest absolute Gasteiger partial charge is 0.495 e. The fourth-order valence-electron chi connectivity index (χ4n) is 1.75. The minimum absolute atomic E-state index is 0.0288. The maximum absolute atomic E-state index is 12.4. The Bertz CT molecular complexity index is 761. The van der Waals surface area contributed by atoms with Gasteiger partial charge >= 0.3 is 0 Å². The van der Waals surface area contributed by atoms with Crippen LogP contribution in [-0.2, 0) is 10.0 Å². The van der Waals surface area contributed by atoms with Crippen molar-refractivity contribution in [2.45, 2.75) is 11.8 Å². The number of nitrogens with zero attached hydrogens (tertiary/aromatic N) is 1. The van der Waals surface area contributed by atoms with Crippen LogP contribution in [0, 0.1) is 6.92 Å². The number of benzene rings is 1. The standard InChI is InChI=1S/C13H14BrN3O3S/c1-8-5-9(14)6-11(20-2)13(8)17-21(18,19)10-3-4-12(15)16-7-10/h3-7,17H,1-2H3,(H2,15,16). The molecule has 0 amide bonds. The van der Waals surface area contributed by atoms with Gasteiger partial charge in [-0.05, 0) is 36.8 Å². The summed E-state index contributed by atoms with van der Waals surface area (Å²) in [6.45, 7) is 1.78. The summed E-state index contributed by atoms with van der Waals surface area (Å²) in [5.41, 5.74) is 6.57. The molecule has 8 heteroatoms. The Balaban J connectivity index is 2.44. The SMILES string of the molecule is COc1cc(Br)cc(C)c1NS(=O)(=O)c1ccc(N)nc1. The molecule has 0 bridgehead atoms. The number of hydrogen-bond donors (Lipinski definition) is 2. The van der Waals surface area contributed by atoms with E-state index >= 15 is 0 Å². The molecule has 0 spiro atoms. The molecule has 0 aliphatic rings. The van der Waals surface area contributed by atoms with Gasteiger partial charge in [0, 0.05) is 10.7 Å². The highest BCUT2D eigenvalue weighted by atomic mass is 79.9. The third-order valence-corrected chi connectivity index (χ3v) is 4.58. The summed E-state index contributed by atoms with van der Waals surface area (Å²) in [6, 6.07) is 6.30. The average molecular weight is 372 g/mol. The lowest BCUT2D eigenvalue weighted by atomic mass is 10.2. The van der Waals surface area contributed by atoms with E-state index in [1.54, 1.807) is 19.1 Å². The molecule has 1 heterocycles. The molecule has 0 fully saturated rings. The molecule has 0 aliphatic heterocycles. The first kappa shape index (κ1) is 15.6. The van der Waals surface area contributed by atoms with E-state index in [0.29, 0.717) is 11.4 Å². The Hall–Kier alpha value is -1.80. The van der Waals surface area contributed by atoms with Crippen molar-refractivity contribution < 1.29 is 13.2 Å². The van der Waals surface area contributed by atoms with E-state index < -0.39 is 10.0 Å². The van der Waals surface area contributed by atoms with Crippen molar-refractivity contribution >= 4 is 37.5 Å². The quantitative estimate of drug-likeness (QED) is 0.860. The molecule has 0 atom stereocenters. The maximum Gasteiger partial charge on any atom is 0.263 e. The first-order valence-electron chi connectivity index (χ1n) is 5.92. The zero-order valence-corrected chi connectivity index (χ0v) is 13.8. The highest BCUT2D eigenvalue weighted by molar-refractivity contribution is 9.10. The smallest absolute Gasteiger partial charge is 0.263 e. The molecule has 2 rings (SSSR count). The Morgan fingerprint density at radius 1 is 1.33 bits per heavy atom. The van der Waals surface area contributed by atoms with E-state index in [4.69, 9.17) is 10.5 Å². The highest BCUT2D eigenvalue weighted by Gasteiger charge is 2.19. The number of methoxy groups -OCH3 is 1. The van der Waals surface area contributed by atoms with Crippen molar-refractivity contribution in [3.8, 4) is 5.75 Å². The summed E-state index contributed by atoms with van der Waals surface area (Å²) in [5.74, 6) is 0.681. The van der Waals surface area contributed by atoms with Gasteiger partial charge in [0.2, 0.25) is 0 Å². The molecule has 6 nitrogen and oxygen atoms in total. The number of aryl methyl sites for hydroxylation is 1. The van der Waals surface area contributed by atoms with E-state index in [0.717, 1.165) is 10.0 Å². The maximum atomic E-state index is 12.4. The van der Waals surface area contributed by atoms with Crippen LogP contribution in [0.1, 0.15) is 5.56 Å². The minimum Gasteiger partial charge on any atom is -0.495 e. The molecule has 2 aromatic rings.